The maximum atomic E-state index is 13.2. The van der Waals surface area contributed by atoms with Crippen LogP contribution in [0.2, 0.25) is 0 Å². The molecule has 0 aliphatic carbocycles. The van der Waals surface area contributed by atoms with Crippen molar-refractivity contribution < 1.29 is 4.39 Å². The van der Waals surface area contributed by atoms with E-state index in [0.717, 1.165) is 50.7 Å². The zero-order valence-electron chi connectivity index (χ0n) is 15.9. The molecule has 25 heavy (non-hydrogen) atoms. The predicted molar refractivity (Wildman–Crippen MR) is 104 cm³/mol. The first-order valence-electron chi connectivity index (χ1n) is 9.62. The van der Waals surface area contributed by atoms with E-state index in [0.29, 0.717) is 5.92 Å². The molecule has 0 spiro atoms. The molecule has 140 valence electrons. The number of nitrogens with zero attached hydrogens (tertiary/aromatic N) is 2. The fourth-order valence-electron chi connectivity index (χ4n) is 3.41. The summed E-state index contributed by atoms with van der Waals surface area (Å²) in [4.78, 5) is 7.30. The molecule has 0 aromatic heterocycles. The molecule has 2 N–H and O–H groups in total. The van der Waals surface area contributed by atoms with Gasteiger partial charge < -0.3 is 15.5 Å². The molecule has 5 heteroatoms. The van der Waals surface area contributed by atoms with E-state index in [1.807, 2.05) is 13.0 Å². The van der Waals surface area contributed by atoms with Gasteiger partial charge in [-0.3, -0.25) is 4.99 Å². The van der Waals surface area contributed by atoms with Crippen LogP contribution >= 0.6 is 0 Å². The molecule has 4 nitrogen and oxygen atoms in total. The molecule has 1 heterocycles. The summed E-state index contributed by atoms with van der Waals surface area (Å²) in [6, 6.07) is 5.00. The summed E-state index contributed by atoms with van der Waals surface area (Å²) >= 11 is 0. The lowest BCUT2D eigenvalue weighted by atomic mass is 9.98. The van der Waals surface area contributed by atoms with Crippen LogP contribution in [0.5, 0.6) is 0 Å². The number of halogens is 1. The van der Waals surface area contributed by atoms with Crippen molar-refractivity contribution >= 4 is 5.96 Å². The Hall–Kier alpha value is -1.62. The van der Waals surface area contributed by atoms with Gasteiger partial charge in [-0.2, -0.15) is 0 Å². The van der Waals surface area contributed by atoms with Crippen molar-refractivity contribution in [3.63, 3.8) is 0 Å². The van der Waals surface area contributed by atoms with E-state index in [4.69, 9.17) is 4.99 Å². The van der Waals surface area contributed by atoms with Gasteiger partial charge in [-0.1, -0.05) is 13.0 Å². The van der Waals surface area contributed by atoms with E-state index in [2.05, 4.69) is 29.4 Å². The molecule has 2 rings (SSSR count). The first-order valence-corrected chi connectivity index (χ1v) is 9.62. The highest BCUT2D eigenvalue weighted by molar-refractivity contribution is 5.79. The Bertz CT molecular complexity index is 559. The van der Waals surface area contributed by atoms with Gasteiger partial charge >= 0.3 is 0 Å². The maximum absolute atomic E-state index is 13.2. The van der Waals surface area contributed by atoms with E-state index in [9.17, 15) is 4.39 Å². The average Bonchev–Trinajstić information content (AvgIpc) is 2.61. The molecule has 1 aromatic rings. The summed E-state index contributed by atoms with van der Waals surface area (Å²) in [5.41, 5.74) is 2.18. The molecule has 1 fully saturated rings. The quantitative estimate of drug-likeness (QED) is 0.588. The van der Waals surface area contributed by atoms with Crippen LogP contribution in [-0.2, 0) is 6.42 Å². The number of aliphatic imine (C=N–C) groups is 1. The van der Waals surface area contributed by atoms with Crippen molar-refractivity contribution in [2.24, 2.45) is 10.9 Å². The Morgan fingerprint density at radius 2 is 2.16 bits per heavy atom. The van der Waals surface area contributed by atoms with Crippen molar-refractivity contribution in [1.82, 2.24) is 15.5 Å². The van der Waals surface area contributed by atoms with Crippen molar-refractivity contribution in [1.29, 1.82) is 0 Å². The number of benzene rings is 1. The van der Waals surface area contributed by atoms with Gasteiger partial charge in [0.1, 0.15) is 5.82 Å². The van der Waals surface area contributed by atoms with Crippen LogP contribution in [0.1, 0.15) is 37.8 Å². The normalized spacial score (nSPS) is 19.0. The van der Waals surface area contributed by atoms with Gasteiger partial charge in [-0.25, -0.2) is 4.39 Å². The summed E-state index contributed by atoms with van der Waals surface area (Å²) in [5.74, 6) is 1.37. The number of nitrogens with one attached hydrogen (secondary N) is 2. The van der Waals surface area contributed by atoms with Crippen LogP contribution in [0.15, 0.2) is 23.2 Å². The lowest BCUT2D eigenvalue weighted by Gasteiger charge is -2.31. The zero-order chi connectivity index (χ0) is 18.1. The minimum absolute atomic E-state index is 0.169. The molecule has 1 aliphatic rings. The summed E-state index contributed by atoms with van der Waals surface area (Å²) in [7, 11) is 0. The first kappa shape index (κ1) is 19.7. The fraction of sp³-hybridized carbons (Fsp3) is 0.650. The number of hydrogen-bond acceptors (Lipinski definition) is 2. The molecular weight excluding hydrogens is 315 g/mol. The molecule has 1 unspecified atom stereocenters. The minimum Gasteiger partial charge on any atom is -0.357 e. The molecule has 0 bridgehead atoms. The number of guanidine groups is 1. The molecule has 0 radical (unpaired) electrons. The predicted octanol–water partition coefficient (Wildman–Crippen LogP) is 2.96. The average molecular weight is 349 g/mol. The third-order valence-electron chi connectivity index (χ3n) is 4.89. The first-order chi connectivity index (χ1) is 12.1. The Kier molecular flexibility index (Phi) is 8.19. The molecule has 1 atom stereocenters. The van der Waals surface area contributed by atoms with E-state index in [1.54, 1.807) is 6.07 Å². The SMILES string of the molecule is CCNC(=NCC1CCCN(CC)C1)NCCc1ccc(F)cc1C. The van der Waals surface area contributed by atoms with Gasteiger partial charge in [0.15, 0.2) is 5.96 Å². The third-order valence-corrected chi connectivity index (χ3v) is 4.89. The third kappa shape index (κ3) is 6.65. The summed E-state index contributed by atoms with van der Waals surface area (Å²) in [6.07, 6.45) is 3.42. The molecule has 0 amide bonds. The highest BCUT2D eigenvalue weighted by Crippen LogP contribution is 2.16. The molecule has 1 aliphatic heterocycles. The number of rotatable bonds is 7. The number of piperidine rings is 1. The summed E-state index contributed by atoms with van der Waals surface area (Å²) in [5, 5.41) is 6.73. The molecular formula is C20H33FN4. The zero-order valence-corrected chi connectivity index (χ0v) is 15.9. The van der Waals surface area contributed by atoms with Crippen molar-refractivity contribution in [3.8, 4) is 0 Å². The van der Waals surface area contributed by atoms with E-state index >= 15 is 0 Å². The van der Waals surface area contributed by atoms with Crippen LogP contribution in [0.3, 0.4) is 0 Å². The second kappa shape index (κ2) is 10.4. The van der Waals surface area contributed by atoms with Gasteiger partial charge in [-0.15, -0.1) is 0 Å². The van der Waals surface area contributed by atoms with Crippen LogP contribution < -0.4 is 10.6 Å². The Morgan fingerprint density at radius 1 is 1.32 bits per heavy atom. The Labute approximate surface area is 151 Å². The Balaban J connectivity index is 1.82. The highest BCUT2D eigenvalue weighted by atomic mass is 19.1. The maximum Gasteiger partial charge on any atom is 0.191 e. The van der Waals surface area contributed by atoms with Crippen molar-refractivity contribution in [2.75, 3.05) is 39.3 Å². The van der Waals surface area contributed by atoms with E-state index in [1.165, 1.54) is 31.0 Å². The Morgan fingerprint density at radius 3 is 2.88 bits per heavy atom. The topological polar surface area (TPSA) is 39.7 Å². The minimum atomic E-state index is -0.169. The van der Waals surface area contributed by atoms with Gasteiger partial charge in [0.05, 0.1) is 0 Å². The smallest absolute Gasteiger partial charge is 0.191 e. The fourth-order valence-corrected chi connectivity index (χ4v) is 3.41. The molecule has 1 saturated heterocycles. The standard InChI is InChI=1S/C20H33FN4/c1-4-22-20(24-14-17-7-6-12-25(5-2)15-17)23-11-10-18-8-9-19(21)13-16(18)3/h8-9,13,17H,4-7,10-12,14-15H2,1-3H3,(H2,22,23,24). The highest BCUT2D eigenvalue weighted by Gasteiger charge is 2.18. The van der Waals surface area contributed by atoms with Crippen LogP contribution in [0, 0.1) is 18.7 Å². The van der Waals surface area contributed by atoms with Crippen molar-refractivity contribution in [3.05, 3.63) is 35.1 Å². The monoisotopic (exact) mass is 348 g/mol. The summed E-state index contributed by atoms with van der Waals surface area (Å²) < 4.78 is 13.2. The molecule has 0 saturated carbocycles. The van der Waals surface area contributed by atoms with Gasteiger partial charge in [0.25, 0.3) is 0 Å². The summed E-state index contributed by atoms with van der Waals surface area (Å²) in [6.45, 7) is 12.3. The number of likely N-dealkylation sites (tertiary alicyclic amines) is 1. The van der Waals surface area contributed by atoms with Gasteiger partial charge in [0, 0.05) is 26.2 Å². The van der Waals surface area contributed by atoms with Crippen LogP contribution in [-0.4, -0.2) is 50.1 Å². The van der Waals surface area contributed by atoms with Gasteiger partial charge in [0.2, 0.25) is 0 Å². The molecule has 1 aromatic carbocycles. The van der Waals surface area contributed by atoms with E-state index in [-0.39, 0.29) is 5.82 Å². The van der Waals surface area contributed by atoms with Crippen LogP contribution in [0.25, 0.3) is 0 Å². The van der Waals surface area contributed by atoms with E-state index < -0.39 is 0 Å². The lowest BCUT2D eigenvalue weighted by molar-refractivity contribution is 0.186. The second-order valence-electron chi connectivity index (χ2n) is 6.87. The van der Waals surface area contributed by atoms with Crippen LogP contribution in [0.4, 0.5) is 4.39 Å². The second-order valence-corrected chi connectivity index (χ2v) is 6.87. The largest absolute Gasteiger partial charge is 0.357 e. The lowest BCUT2D eigenvalue weighted by Crippen LogP contribution is -2.40. The van der Waals surface area contributed by atoms with Gasteiger partial charge in [-0.05, 0) is 75.4 Å². The van der Waals surface area contributed by atoms with Crippen molar-refractivity contribution in [2.45, 2.75) is 40.0 Å². The number of hydrogen-bond donors (Lipinski definition) is 2. The number of aryl methyl sites for hydroxylation is 1.